The normalized spacial score (nSPS) is 15.2. The van der Waals surface area contributed by atoms with Gasteiger partial charge in [0.1, 0.15) is 12.6 Å². The number of carbonyl (C=O) groups excluding carboxylic acids is 3. The third-order valence-electron chi connectivity index (χ3n) is 8.56. The first-order valence-electron chi connectivity index (χ1n) is 16.8. The number of carbonyl (C=O) groups is 3. The van der Waals surface area contributed by atoms with Crippen molar-refractivity contribution in [2.24, 2.45) is 0 Å². The first-order valence-corrected chi connectivity index (χ1v) is 17.7. The van der Waals surface area contributed by atoms with E-state index in [2.05, 4.69) is 25.8 Å². The van der Waals surface area contributed by atoms with Crippen LogP contribution >= 0.6 is 11.3 Å². The minimum Gasteiger partial charge on any atom is -0.444 e. The van der Waals surface area contributed by atoms with Gasteiger partial charge in [0.25, 0.3) is 0 Å². The number of urea groups is 1. The molecule has 2 aromatic carbocycles. The summed E-state index contributed by atoms with van der Waals surface area (Å²) >= 11 is 1.43. The van der Waals surface area contributed by atoms with Crippen molar-refractivity contribution in [3.05, 3.63) is 88.4 Å². The number of hydrogen-bond donors (Lipinski definition) is 3. The van der Waals surface area contributed by atoms with Gasteiger partial charge in [-0.05, 0) is 57.1 Å². The maximum absolute atomic E-state index is 14.0. The Balaban J connectivity index is 1.46. The van der Waals surface area contributed by atoms with Crippen molar-refractivity contribution in [2.75, 3.05) is 39.9 Å². The topological polar surface area (TPSA) is 125 Å². The van der Waals surface area contributed by atoms with Gasteiger partial charge in [0, 0.05) is 51.0 Å². The van der Waals surface area contributed by atoms with Crippen molar-refractivity contribution in [2.45, 2.75) is 76.7 Å². The molecule has 0 radical (unpaired) electrons. The molecule has 3 N–H and O–H groups in total. The molecule has 48 heavy (non-hydrogen) atoms. The van der Waals surface area contributed by atoms with Gasteiger partial charge in [0.2, 0.25) is 5.91 Å². The Morgan fingerprint density at radius 3 is 2.06 bits per heavy atom. The zero-order valence-corrected chi connectivity index (χ0v) is 29.1. The summed E-state index contributed by atoms with van der Waals surface area (Å²) in [5.74, 6) is -0.216. The molecule has 3 atom stereocenters. The molecule has 11 nitrogen and oxygen atoms in total. The SMILES string of the molecule is CC(C)N(C)C(=O)N[C@@H](CCN1CCOCC1)C(=O)N[C@H](CC[C@H](Cc1ccccc1)NC(=O)OCc1cncs1)Cc1ccccc1. The van der Waals surface area contributed by atoms with Gasteiger partial charge in [0.15, 0.2) is 0 Å². The Kier molecular flexibility index (Phi) is 15.1. The Morgan fingerprint density at radius 1 is 0.896 bits per heavy atom. The molecule has 0 bridgehead atoms. The van der Waals surface area contributed by atoms with Crippen LogP contribution < -0.4 is 16.0 Å². The van der Waals surface area contributed by atoms with E-state index in [1.165, 1.54) is 11.3 Å². The molecular weight excluding hydrogens is 629 g/mol. The van der Waals surface area contributed by atoms with Gasteiger partial charge in [-0.2, -0.15) is 0 Å². The molecule has 1 aliphatic heterocycles. The van der Waals surface area contributed by atoms with Crippen molar-refractivity contribution >= 4 is 29.4 Å². The number of ether oxygens (including phenoxy) is 2. The summed E-state index contributed by atoms with van der Waals surface area (Å²) in [6, 6.07) is 18.6. The summed E-state index contributed by atoms with van der Waals surface area (Å²) in [5, 5.41) is 9.34. The zero-order chi connectivity index (χ0) is 34.1. The van der Waals surface area contributed by atoms with Crippen molar-refractivity contribution in [1.29, 1.82) is 0 Å². The first kappa shape index (κ1) is 36.8. The summed E-state index contributed by atoms with van der Waals surface area (Å²) in [7, 11) is 1.73. The van der Waals surface area contributed by atoms with E-state index in [-0.39, 0.29) is 36.7 Å². The highest BCUT2D eigenvalue weighted by atomic mass is 32.1. The molecule has 0 aliphatic carbocycles. The second-order valence-electron chi connectivity index (χ2n) is 12.5. The third-order valence-corrected chi connectivity index (χ3v) is 9.31. The van der Waals surface area contributed by atoms with Crippen LogP contribution in [0.1, 0.15) is 49.1 Å². The summed E-state index contributed by atoms with van der Waals surface area (Å²) in [6.07, 6.45) is 4.10. The van der Waals surface area contributed by atoms with E-state index in [1.54, 1.807) is 23.7 Å². The number of nitrogens with one attached hydrogen (secondary N) is 3. The maximum Gasteiger partial charge on any atom is 0.407 e. The molecule has 260 valence electrons. The lowest BCUT2D eigenvalue weighted by Crippen LogP contribution is -2.54. The third kappa shape index (κ3) is 12.9. The van der Waals surface area contributed by atoms with Crippen LogP contribution in [0.4, 0.5) is 9.59 Å². The molecular formula is C36H50N6O5S. The number of morpholine rings is 1. The number of aromatic nitrogens is 1. The lowest BCUT2D eigenvalue weighted by atomic mass is 9.95. The van der Waals surface area contributed by atoms with Crippen LogP contribution in [0, 0.1) is 0 Å². The summed E-state index contributed by atoms with van der Waals surface area (Å²) in [5.41, 5.74) is 3.89. The molecule has 1 saturated heterocycles. The van der Waals surface area contributed by atoms with Gasteiger partial charge in [-0.25, -0.2) is 9.59 Å². The van der Waals surface area contributed by atoms with E-state index in [9.17, 15) is 14.4 Å². The standard InChI is InChI=1S/C36H50N6O5S/c1-27(2)41(3)35(44)40-33(16-17-42-18-20-46-21-19-42)34(43)38-30(22-28-10-6-4-7-11-28)14-15-31(23-29-12-8-5-9-13-29)39-36(45)47-25-32-24-37-26-48-32/h4-13,24,26-27,30-31,33H,14-23,25H2,1-3H3,(H,38,43)(H,39,45)(H,40,44)/t30-,31-,33+/m1/s1. The number of thiazole rings is 1. The lowest BCUT2D eigenvalue weighted by Gasteiger charge is -2.31. The average molecular weight is 679 g/mol. The average Bonchev–Trinajstić information content (AvgIpc) is 3.63. The van der Waals surface area contributed by atoms with Crippen LogP contribution in [0.3, 0.4) is 0 Å². The number of rotatable bonds is 17. The Bertz CT molecular complexity index is 1370. The van der Waals surface area contributed by atoms with Crippen LogP contribution in [0.15, 0.2) is 72.4 Å². The van der Waals surface area contributed by atoms with Crippen LogP contribution in [0.2, 0.25) is 0 Å². The number of amides is 4. The van der Waals surface area contributed by atoms with Crippen LogP contribution in [0.25, 0.3) is 0 Å². The van der Waals surface area contributed by atoms with Gasteiger partial charge >= 0.3 is 12.1 Å². The smallest absolute Gasteiger partial charge is 0.407 e. The zero-order valence-electron chi connectivity index (χ0n) is 28.3. The second kappa shape index (κ2) is 19.7. The van der Waals surface area contributed by atoms with Crippen LogP contribution in [0.5, 0.6) is 0 Å². The second-order valence-corrected chi connectivity index (χ2v) is 13.5. The van der Waals surface area contributed by atoms with Crippen molar-refractivity contribution in [3.63, 3.8) is 0 Å². The Morgan fingerprint density at radius 2 is 1.50 bits per heavy atom. The molecule has 0 unspecified atom stereocenters. The van der Waals surface area contributed by atoms with E-state index < -0.39 is 12.1 Å². The molecule has 2 heterocycles. The maximum atomic E-state index is 14.0. The highest BCUT2D eigenvalue weighted by Gasteiger charge is 2.27. The van der Waals surface area contributed by atoms with Crippen molar-refractivity contribution < 1.29 is 23.9 Å². The van der Waals surface area contributed by atoms with E-state index >= 15 is 0 Å². The summed E-state index contributed by atoms with van der Waals surface area (Å²) in [4.78, 5) is 48.7. The van der Waals surface area contributed by atoms with Crippen LogP contribution in [-0.4, -0.2) is 96.9 Å². The lowest BCUT2D eigenvalue weighted by molar-refractivity contribution is -0.124. The van der Waals surface area contributed by atoms with Crippen molar-refractivity contribution in [3.8, 4) is 0 Å². The predicted octanol–water partition coefficient (Wildman–Crippen LogP) is 4.63. The van der Waals surface area contributed by atoms with E-state index in [4.69, 9.17) is 9.47 Å². The highest BCUT2D eigenvalue weighted by molar-refractivity contribution is 7.09. The van der Waals surface area contributed by atoms with Gasteiger partial charge in [-0.15, -0.1) is 11.3 Å². The fourth-order valence-corrected chi connectivity index (χ4v) is 6.01. The highest BCUT2D eigenvalue weighted by Crippen LogP contribution is 2.15. The van der Waals surface area contributed by atoms with Crippen LogP contribution in [-0.2, 0) is 33.7 Å². The molecule has 4 rings (SSSR count). The van der Waals surface area contributed by atoms with Gasteiger partial charge < -0.3 is 30.3 Å². The predicted molar refractivity (Wildman–Crippen MR) is 188 cm³/mol. The molecule has 1 aromatic heterocycles. The molecule has 1 fully saturated rings. The number of alkyl carbamates (subject to hydrolysis) is 1. The molecule has 0 saturated carbocycles. The van der Waals surface area contributed by atoms with E-state index in [0.717, 1.165) is 29.1 Å². The quantitative estimate of drug-likeness (QED) is 0.190. The van der Waals surface area contributed by atoms with E-state index in [1.807, 2.05) is 74.5 Å². The number of nitrogens with zero attached hydrogens (tertiary/aromatic N) is 3. The number of benzene rings is 2. The monoisotopic (exact) mass is 678 g/mol. The minimum atomic E-state index is -0.709. The fourth-order valence-electron chi connectivity index (χ4n) is 5.50. The van der Waals surface area contributed by atoms with E-state index in [0.29, 0.717) is 51.9 Å². The molecule has 3 aromatic rings. The fraction of sp³-hybridized carbons (Fsp3) is 0.500. The summed E-state index contributed by atoms with van der Waals surface area (Å²) < 4.78 is 11.0. The molecule has 1 aliphatic rings. The van der Waals surface area contributed by atoms with Gasteiger partial charge in [-0.1, -0.05) is 60.7 Å². The number of hydrogen-bond acceptors (Lipinski definition) is 8. The van der Waals surface area contributed by atoms with Crippen molar-refractivity contribution in [1.82, 2.24) is 30.7 Å². The first-order chi connectivity index (χ1) is 23.3. The molecule has 0 spiro atoms. The largest absolute Gasteiger partial charge is 0.444 e. The van der Waals surface area contributed by atoms with Gasteiger partial charge in [0.05, 0.1) is 23.6 Å². The van der Waals surface area contributed by atoms with Gasteiger partial charge in [-0.3, -0.25) is 14.7 Å². The molecule has 12 heteroatoms. The minimum absolute atomic E-state index is 0.0125. The Labute approximate surface area is 288 Å². The summed E-state index contributed by atoms with van der Waals surface area (Å²) in [6.45, 7) is 7.63. The molecule has 4 amide bonds. The Hall–Kier alpha value is -4.00.